The first-order valence-electron chi connectivity index (χ1n) is 9.40. The summed E-state index contributed by atoms with van der Waals surface area (Å²) in [6.07, 6.45) is 1.59. The van der Waals surface area contributed by atoms with Crippen molar-refractivity contribution in [1.29, 1.82) is 0 Å². The van der Waals surface area contributed by atoms with Crippen LogP contribution in [0.15, 0.2) is 48.5 Å². The van der Waals surface area contributed by atoms with E-state index in [2.05, 4.69) is 18.7 Å². The lowest BCUT2D eigenvalue weighted by atomic mass is 9.83. The number of hydrogen-bond acceptors (Lipinski definition) is 4. The molecule has 1 aliphatic rings. The molecule has 26 heavy (non-hydrogen) atoms. The molecule has 0 fully saturated rings. The van der Waals surface area contributed by atoms with Crippen LogP contribution in [0.1, 0.15) is 36.1 Å². The van der Waals surface area contributed by atoms with Gasteiger partial charge in [-0.15, -0.1) is 0 Å². The van der Waals surface area contributed by atoms with E-state index in [0.717, 1.165) is 37.1 Å². The van der Waals surface area contributed by atoms with Gasteiger partial charge in [-0.05, 0) is 37.1 Å². The van der Waals surface area contributed by atoms with Gasteiger partial charge in [-0.2, -0.15) is 0 Å². The predicted molar refractivity (Wildman–Crippen MR) is 102 cm³/mol. The Balaban J connectivity index is 1.94. The van der Waals surface area contributed by atoms with Crippen molar-refractivity contribution in [3.05, 3.63) is 70.8 Å². The molecule has 0 saturated carbocycles. The van der Waals surface area contributed by atoms with Gasteiger partial charge >= 0.3 is 5.97 Å². The lowest BCUT2D eigenvalue weighted by molar-refractivity contribution is -0.162. The maximum atomic E-state index is 13.1. The van der Waals surface area contributed by atoms with Gasteiger partial charge in [0, 0.05) is 17.7 Å². The molecule has 0 saturated heterocycles. The van der Waals surface area contributed by atoms with E-state index in [1.54, 1.807) is 0 Å². The summed E-state index contributed by atoms with van der Waals surface area (Å²) in [6, 6.07) is 15.3. The molecule has 4 nitrogen and oxygen atoms in total. The van der Waals surface area contributed by atoms with Crippen LogP contribution in [0.25, 0.3) is 0 Å². The molecule has 1 aliphatic carbocycles. The molecular weight excluding hydrogens is 326 g/mol. The van der Waals surface area contributed by atoms with Crippen molar-refractivity contribution in [1.82, 2.24) is 4.90 Å². The maximum absolute atomic E-state index is 13.1. The van der Waals surface area contributed by atoms with E-state index in [1.807, 2.05) is 48.5 Å². The van der Waals surface area contributed by atoms with Crippen LogP contribution in [-0.2, 0) is 28.0 Å². The molecule has 0 unspecified atom stereocenters. The summed E-state index contributed by atoms with van der Waals surface area (Å²) in [5, 5.41) is 11.6. The normalized spacial score (nSPS) is 15.1. The summed E-state index contributed by atoms with van der Waals surface area (Å²) in [6.45, 7) is 6.91. The Labute approximate surface area is 155 Å². The number of fused-ring (bicyclic) bond motifs is 2. The molecular formula is C22H27NO3. The van der Waals surface area contributed by atoms with E-state index >= 15 is 0 Å². The van der Waals surface area contributed by atoms with Gasteiger partial charge in [-0.25, -0.2) is 4.79 Å². The van der Waals surface area contributed by atoms with Gasteiger partial charge in [0.2, 0.25) is 5.60 Å². The van der Waals surface area contributed by atoms with Crippen LogP contribution in [-0.4, -0.2) is 42.2 Å². The summed E-state index contributed by atoms with van der Waals surface area (Å²) in [7, 11) is 0. The summed E-state index contributed by atoms with van der Waals surface area (Å²) < 4.78 is 5.56. The number of nitrogens with zero attached hydrogens (tertiary/aromatic N) is 1. The number of ether oxygens (including phenoxy) is 1. The Hall–Kier alpha value is -2.17. The second-order valence-electron chi connectivity index (χ2n) is 6.69. The van der Waals surface area contributed by atoms with Crippen molar-refractivity contribution in [2.75, 3.05) is 26.2 Å². The van der Waals surface area contributed by atoms with Gasteiger partial charge in [-0.3, -0.25) is 0 Å². The molecule has 0 amide bonds. The van der Waals surface area contributed by atoms with Gasteiger partial charge in [0.1, 0.15) is 6.61 Å². The Kier molecular flexibility index (Phi) is 5.74. The fourth-order valence-electron chi connectivity index (χ4n) is 3.73. The fourth-order valence-corrected chi connectivity index (χ4v) is 3.73. The highest BCUT2D eigenvalue weighted by molar-refractivity contribution is 5.86. The third-order valence-electron chi connectivity index (χ3n) is 5.31. The Morgan fingerprint density at radius 1 is 1.00 bits per heavy atom. The number of rotatable bonds is 6. The third-order valence-corrected chi connectivity index (χ3v) is 5.31. The van der Waals surface area contributed by atoms with E-state index in [9.17, 15) is 9.90 Å². The standard InChI is InChI=1S/C22H27NO3/c1-3-23(4-2)15-16-26-21(24)22(25)19-11-7-5-9-17(19)13-14-18-10-6-8-12-20(18)22/h5-12,25H,3-4,13-16H2,1-2H3. The molecule has 0 aliphatic heterocycles. The van der Waals surface area contributed by atoms with Crippen molar-refractivity contribution >= 4 is 5.97 Å². The molecule has 0 bridgehead atoms. The lowest BCUT2D eigenvalue weighted by Crippen LogP contribution is -2.40. The van der Waals surface area contributed by atoms with Gasteiger partial charge in [0.05, 0.1) is 0 Å². The molecule has 2 aromatic carbocycles. The first-order valence-corrected chi connectivity index (χ1v) is 9.40. The molecule has 0 radical (unpaired) electrons. The SMILES string of the molecule is CCN(CC)CCOC(=O)C1(O)c2ccccc2CCc2ccccc21. The number of carbonyl (C=O) groups excluding carboxylic acids is 1. The number of carbonyl (C=O) groups is 1. The van der Waals surface area contributed by atoms with Gasteiger partial charge in [0.25, 0.3) is 0 Å². The number of aliphatic hydroxyl groups is 1. The molecule has 3 rings (SSSR count). The van der Waals surface area contributed by atoms with Crippen LogP contribution in [0.4, 0.5) is 0 Å². The van der Waals surface area contributed by atoms with Crippen molar-refractivity contribution in [3.63, 3.8) is 0 Å². The molecule has 2 aromatic rings. The highest BCUT2D eigenvalue weighted by Crippen LogP contribution is 2.38. The average Bonchev–Trinajstić information content (AvgIpc) is 2.81. The van der Waals surface area contributed by atoms with Crippen LogP contribution in [0.5, 0.6) is 0 Å². The first kappa shape index (κ1) is 18.6. The first-order chi connectivity index (χ1) is 12.6. The zero-order valence-corrected chi connectivity index (χ0v) is 15.6. The smallest absolute Gasteiger partial charge is 0.347 e. The van der Waals surface area contributed by atoms with Gasteiger partial charge < -0.3 is 14.7 Å². The van der Waals surface area contributed by atoms with Crippen molar-refractivity contribution < 1.29 is 14.6 Å². The van der Waals surface area contributed by atoms with Crippen molar-refractivity contribution in [2.45, 2.75) is 32.3 Å². The number of benzene rings is 2. The van der Waals surface area contributed by atoms with E-state index in [0.29, 0.717) is 17.7 Å². The average molecular weight is 353 g/mol. The summed E-state index contributed by atoms with van der Waals surface area (Å²) in [4.78, 5) is 15.3. The van der Waals surface area contributed by atoms with Gasteiger partial charge in [0.15, 0.2) is 0 Å². The molecule has 0 atom stereocenters. The molecule has 1 N–H and O–H groups in total. The number of esters is 1. The topological polar surface area (TPSA) is 49.8 Å². The number of hydrogen-bond donors (Lipinski definition) is 1. The molecule has 0 spiro atoms. The summed E-state index contributed by atoms with van der Waals surface area (Å²) >= 11 is 0. The Morgan fingerprint density at radius 2 is 1.50 bits per heavy atom. The number of likely N-dealkylation sites (N-methyl/N-ethyl adjacent to an activating group) is 1. The second-order valence-corrected chi connectivity index (χ2v) is 6.69. The minimum absolute atomic E-state index is 0.271. The lowest BCUT2D eigenvalue weighted by Gasteiger charge is -2.29. The fraction of sp³-hybridized carbons (Fsp3) is 0.409. The Bertz CT molecular complexity index is 720. The minimum Gasteiger partial charge on any atom is -0.462 e. The zero-order chi connectivity index (χ0) is 18.6. The maximum Gasteiger partial charge on any atom is 0.347 e. The quantitative estimate of drug-likeness (QED) is 0.812. The van der Waals surface area contributed by atoms with Gasteiger partial charge in [-0.1, -0.05) is 62.4 Å². The van der Waals surface area contributed by atoms with Crippen LogP contribution in [0.3, 0.4) is 0 Å². The van der Waals surface area contributed by atoms with E-state index in [1.165, 1.54) is 0 Å². The van der Waals surface area contributed by atoms with Crippen LogP contribution in [0, 0.1) is 0 Å². The van der Waals surface area contributed by atoms with Crippen LogP contribution in [0.2, 0.25) is 0 Å². The van der Waals surface area contributed by atoms with Crippen molar-refractivity contribution in [3.8, 4) is 0 Å². The predicted octanol–water partition coefficient (Wildman–Crippen LogP) is 2.91. The van der Waals surface area contributed by atoms with Crippen LogP contribution < -0.4 is 0 Å². The third kappa shape index (κ3) is 3.39. The molecule has 4 heteroatoms. The summed E-state index contributed by atoms with van der Waals surface area (Å²) in [5.41, 5.74) is 1.50. The molecule has 0 aromatic heterocycles. The molecule has 0 heterocycles. The number of aryl methyl sites for hydroxylation is 2. The van der Waals surface area contributed by atoms with Crippen LogP contribution >= 0.6 is 0 Å². The minimum atomic E-state index is -1.76. The Morgan fingerprint density at radius 3 is 2.00 bits per heavy atom. The monoisotopic (exact) mass is 353 g/mol. The molecule has 138 valence electrons. The van der Waals surface area contributed by atoms with E-state index in [4.69, 9.17) is 4.74 Å². The largest absolute Gasteiger partial charge is 0.462 e. The van der Waals surface area contributed by atoms with Crippen molar-refractivity contribution in [2.24, 2.45) is 0 Å². The zero-order valence-electron chi connectivity index (χ0n) is 15.6. The second kappa shape index (κ2) is 8.02. The highest BCUT2D eigenvalue weighted by Gasteiger charge is 2.45. The highest BCUT2D eigenvalue weighted by atomic mass is 16.5. The summed E-state index contributed by atoms with van der Waals surface area (Å²) in [5.74, 6) is -0.591. The van der Waals surface area contributed by atoms with E-state index in [-0.39, 0.29) is 6.61 Å². The van der Waals surface area contributed by atoms with E-state index < -0.39 is 11.6 Å².